The molecule has 0 saturated heterocycles. The maximum Gasteiger partial charge on any atom is 0.0786 e. The molecule has 0 bridgehead atoms. The number of hydrogen-bond acceptors (Lipinski definition) is 2. The van der Waals surface area contributed by atoms with Crippen molar-refractivity contribution >= 4 is 0 Å². The van der Waals surface area contributed by atoms with E-state index in [4.69, 9.17) is 0 Å². The van der Waals surface area contributed by atoms with Gasteiger partial charge in [-0.15, -0.1) is 0 Å². The van der Waals surface area contributed by atoms with Crippen LogP contribution in [-0.4, -0.2) is 20.5 Å². The molecule has 1 heterocycles. The molecule has 14 heavy (non-hydrogen) atoms. The van der Waals surface area contributed by atoms with Gasteiger partial charge in [-0.3, -0.25) is 4.68 Å². The minimum absolute atomic E-state index is 0.123. The van der Waals surface area contributed by atoms with Crippen molar-refractivity contribution in [3.8, 4) is 0 Å². The lowest BCUT2D eigenvalue weighted by molar-refractivity contribution is 0.0577. The molecular formula is C11H20N2O. The molecule has 0 unspecified atom stereocenters. The van der Waals surface area contributed by atoms with Crippen molar-refractivity contribution in [1.82, 2.24) is 9.78 Å². The molecule has 0 aromatic carbocycles. The van der Waals surface area contributed by atoms with Gasteiger partial charge in [0, 0.05) is 6.20 Å². The molecule has 0 aliphatic heterocycles. The van der Waals surface area contributed by atoms with Crippen molar-refractivity contribution in [3.05, 3.63) is 18.0 Å². The Morgan fingerprint density at radius 3 is 2.21 bits per heavy atom. The van der Waals surface area contributed by atoms with E-state index in [2.05, 4.69) is 25.9 Å². The van der Waals surface area contributed by atoms with Crippen molar-refractivity contribution in [2.45, 2.75) is 52.2 Å². The zero-order valence-electron chi connectivity index (χ0n) is 9.70. The van der Waals surface area contributed by atoms with Gasteiger partial charge >= 0.3 is 0 Å². The molecule has 0 radical (unpaired) electrons. The van der Waals surface area contributed by atoms with Crippen molar-refractivity contribution in [2.24, 2.45) is 0 Å². The second kappa shape index (κ2) is 3.39. The molecule has 0 spiro atoms. The standard InChI is InChI=1S/C11H20N2O/c1-10(2,3)9-6-12-13(7-9)8-11(4,5)14/h6-7,14H,8H2,1-5H3. The summed E-state index contributed by atoms with van der Waals surface area (Å²) in [6, 6.07) is 0. The van der Waals surface area contributed by atoms with Gasteiger partial charge in [-0.2, -0.15) is 5.10 Å². The molecule has 0 atom stereocenters. The van der Waals surface area contributed by atoms with E-state index in [-0.39, 0.29) is 5.41 Å². The molecule has 1 aromatic rings. The lowest BCUT2D eigenvalue weighted by atomic mass is 9.90. The second-order valence-corrected chi connectivity index (χ2v) is 5.49. The first-order chi connectivity index (χ1) is 6.18. The van der Waals surface area contributed by atoms with Gasteiger partial charge in [-0.1, -0.05) is 20.8 Å². The highest BCUT2D eigenvalue weighted by Crippen LogP contribution is 2.21. The Morgan fingerprint density at radius 1 is 1.29 bits per heavy atom. The first kappa shape index (κ1) is 11.2. The fourth-order valence-corrected chi connectivity index (χ4v) is 1.23. The van der Waals surface area contributed by atoms with E-state index < -0.39 is 5.60 Å². The van der Waals surface area contributed by atoms with Crippen molar-refractivity contribution in [2.75, 3.05) is 0 Å². The van der Waals surface area contributed by atoms with Gasteiger partial charge < -0.3 is 5.11 Å². The van der Waals surface area contributed by atoms with Crippen LogP contribution in [0.15, 0.2) is 12.4 Å². The van der Waals surface area contributed by atoms with Crippen molar-refractivity contribution in [1.29, 1.82) is 0 Å². The smallest absolute Gasteiger partial charge is 0.0786 e. The van der Waals surface area contributed by atoms with E-state index >= 15 is 0 Å². The summed E-state index contributed by atoms with van der Waals surface area (Å²) in [5.74, 6) is 0. The van der Waals surface area contributed by atoms with Crippen LogP contribution in [0.25, 0.3) is 0 Å². The van der Waals surface area contributed by atoms with E-state index in [1.165, 1.54) is 5.56 Å². The van der Waals surface area contributed by atoms with Crippen LogP contribution in [0.1, 0.15) is 40.2 Å². The molecule has 0 saturated carbocycles. The van der Waals surface area contributed by atoms with Crippen molar-refractivity contribution in [3.63, 3.8) is 0 Å². The van der Waals surface area contributed by atoms with E-state index in [0.29, 0.717) is 6.54 Å². The first-order valence-corrected chi connectivity index (χ1v) is 4.94. The Hall–Kier alpha value is -0.830. The first-order valence-electron chi connectivity index (χ1n) is 4.94. The predicted octanol–water partition coefficient (Wildman–Crippen LogP) is 1.95. The van der Waals surface area contributed by atoms with Gasteiger partial charge in [0.15, 0.2) is 0 Å². The molecule has 3 heteroatoms. The Balaban J connectivity index is 2.79. The highest BCUT2D eigenvalue weighted by atomic mass is 16.3. The van der Waals surface area contributed by atoms with Gasteiger partial charge in [-0.05, 0) is 24.8 Å². The normalized spacial score (nSPS) is 13.3. The molecule has 0 aliphatic rings. The van der Waals surface area contributed by atoms with E-state index in [1.807, 2.05) is 12.4 Å². The molecule has 0 fully saturated rings. The molecule has 1 rings (SSSR count). The van der Waals surface area contributed by atoms with Gasteiger partial charge in [-0.25, -0.2) is 0 Å². The second-order valence-electron chi connectivity index (χ2n) is 5.49. The Morgan fingerprint density at radius 2 is 1.86 bits per heavy atom. The molecule has 0 amide bonds. The van der Waals surface area contributed by atoms with Crippen LogP contribution in [0.2, 0.25) is 0 Å². The minimum Gasteiger partial charge on any atom is -0.389 e. The quantitative estimate of drug-likeness (QED) is 0.785. The summed E-state index contributed by atoms with van der Waals surface area (Å²) in [5, 5.41) is 13.8. The van der Waals surface area contributed by atoms with Gasteiger partial charge in [0.2, 0.25) is 0 Å². The highest BCUT2D eigenvalue weighted by Gasteiger charge is 2.18. The monoisotopic (exact) mass is 196 g/mol. The topological polar surface area (TPSA) is 38.0 Å². The third-order valence-corrected chi connectivity index (χ3v) is 2.05. The van der Waals surface area contributed by atoms with Crippen LogP contribution in [-0.2, 0) is 12.0 Å². The third-order valence-electron chi connectivity index (χ3n) is 2.05. The molecule has 0 aliphatic carbocycles. The molecule has 3 nitrogen and oxygen atoms in total. The van der Waals surface area contributed by atoms with Crippen LogP contribution < -0.4 is 0 Å². The molecular weight excluding hydrogens is 176 g/mol. The van der Waals surface area contributed by atoms with E-state index in [1.54, 1.807) is 18.5 Å². The van der Waals surface area contributed by atoms with Gasteiger partial charge in [0.25, 0.3) is 0 Å². The average molecular weight is 196 g/mol. The van der Waals surface area contributed by atoms with Crippen LogP contribution >= 0.6 is 0 Å². The van der Waals surface area contributed by atoms with Gasteiger partial charge in [0.1, 0.15) is 0 Å². The summed E-state index contributed by atoms with van der Waals surface area (Å²) >= 11 is 0. The number of hydrogen-bond donors (Lipinski definition) is 1. The minimum atomic E-state index is -0.707. The molecule has 1 N–H and O–H groups in total. The van der Waals surface area contributed by atoms with E-state index in [0.717, 1.165) is 0 Å². The summed E-state index contributed by atoms with van der Waals surface area (Å²) in [7, 11) is 0. The molecule has 1 aromatic heterocycles. The summed E-state index contributed by atoms with van der Waals surface area (Å²) in [4.78, 5) is 0. The Labute approximate surface area is 85.8 Å². The fraction of sp³-hybridized carbons (Fsp3) is 0.727. The maximum absolute atomic E-state index is 9.62. The fourth-order valence-electron chi connectivity index (χ4n) is 1.23. The predicted molar refractivity (Wildman–Crippen MR) is 57.2 cm³/mol. The lowest BCUT2D eigenvalue weighted by Crippen LogP contribution is -2.26. The third kappa shape index (κ3) is 3.14. The summed E-state index contributed by atoms with van der Waals surface area (Å²) in [5.41, 5.74) is 0.612. The zero-order chi connectivity index (χ0) is 11.0. The molecule has 80 valence electrons. The van der Waals surface area contributed by atoms with Crippen LogP contribution in [0.4, 0.5) is 0 Å². The number of nitrogens with zero attached hydrogens (tertiary/aromatic N) is 2. The maximum atomic E-state index is 9.62. The summed E-state index contributed by atoms with van der Waals surface area (Å²) < 4.78 is 1.79. The van der Waals surface area contributed by atoms with Crippen molar-refractivity contribution < 1.29 is 5.11 Å². The SMILES string of the molecule is CC(C)(O)Cn1cc(C(C)(C)C)cn1. The lowest BCUT2D eigenvalue weighted by Gasteiger charge is -2.17. The summed E-state index contributed by atoms with van der Waals surface area (Å²) in [6.45, 7) is 10.6. The number of aromatic nitrogens is 2. The van der Waals surface area contributed by atoms with E-state index in [9.17, 15) is 5.11 Å². The van der Waals surface area contributed by atoms with Crippen LogP contribution in [0.3, 0.4) is 0 Å². The van der Waals surface area contributed by atoms with Crippen LogP contribution in [0.5, 0.6) is 0 Å². The largest absolute Gasteiger partial charge is 0.389 e. The zero-order valence-corrected chi connectivity index (χ0v) is 9.70. The Kier molecular flexibility index (Phi) is 2.72. The highest BCUT2D eigenvalue weighted by molar-refractivity contribution is 5.15. The number of aliphatic hydroxyl groups is 1. The number of rotatable bonds is 2. The van der Waals surface area contributed by atoms with Crippen LogP contribution in [0, 0.1) is 0 Å². The average Bonchev–Trinajstić information content (AvgIpc) is 2.29. The summed E-state index contributed by atoms with van der Waals surface area (Å²) in [6.07, 6.45) is 3.86. The van der Waals surface area contributed by atoms with Gasteiger partial charge in [0.05, 0.1) is 18.3 Å². The Bertz CT molecular complexity index is 302.